The molecule has 12 heteroatoms. The molecule has 0 aliphatic carbocycles. The molecule has 0 fully saturated rings. The normalized spacial score (nSPS) is 8.55. The van der Waals surface area contributed by atoms with Gasteiger partial charge >= 0.3 is 172 Å². The van der Waals surface area contributed by atoms with Crippen LogP contribution >= 0.6 is 0 Å². The maximum Gasteiger partial charge on any atom is 1.00 e. The number of carboxylic acids is 3. The van der Waals surface area contributed by atoms with Crippen molar-refractivity contribution in [2.45, 2.75) is 18.4 Å². The third-order valence-electron chi connectivity index (χ3n) is 1.45. The van der Waals surface area contributed by atoms with Gasteiger partial charge in [0.1, 0.15) is 0 Å². The van der Waals surface area contributed by atoms with Crippen LogP contribution in [0.1, 0.15) is 17.1 Å². The Morgan fingerprint density at radius 2 is 1.10 bits per heavy atom. The number of carbonyl (C=O) groups is 3. The molecule has 0 bridgehead atoms. The molecule has 9 nitrogen and oxygen atoms in total. The zero-order valence-electron chi connectivity index (χ0n) is 15.0. The third kappa shape index (κ3) is 21.2. The smallest absolute Gasteiger partial charge is 1.00 e. The van der Waals surface area contributed by atoms with Crippen LogP contribution < -0.4 is 166 Å². The van der Waals surface area contributed by atoms with Gasteiger partial charge in [0.15, 0.2) is 5.60 Å². The number of nitrogens with two attached hydrogens (primary N) is 2. The van der Waals surface area contributed by atoms with Crippen LogP contribution in [0.3, 0.4) is 0 Å². The summed E-state index contributed by atoms with van der Waals surface area (Å²) in [6.45, 7) is 1.19. The van der Waals surface area contributed by atoms with Gasteiger partial charge in [-0.3, -0.25) is 9.59 Å². The van der Waals surface area contributed by atoms with Gasteiger partial charge in [0.2, 0.25) is 0 Å². The number of hydrogen-bond donors (Lipinski definition) is 6. The van der Waals surface area contributed by atoms with Crippen molar-refractivity contribution in [2.75, 3.05) is 13.1 Å². The third-order valence-corrected chi connectivity index (χ3v) is 1.45. The first-order valence-electron chi connectivity index (χ1n) is 4.49. The van der Waals surface area contributed by atoms with E-state index in [2.05, 4.69) is 0 Å². The maximum absolute atomic E-state index is 10.3. The second kappa shape index (κ2) is 20.2. The van der Waals surface area contributed by atoms with Crippen LogP contribution in [0.25, 0.3) is 0 Å². The summed E-state index contributed by atoms with van der Waals surface area (Å²) in [7, 11) is 0. The van der Waals surface area contributed by atoms with E-state index in [0.717, 1.165) is 0 Å². The quantitative estimate of drug-likeness (QED) is 0.246. The number of aliphatic carboxylic acids is 3. The van der Waals surface area contributed by atoms with Gasteiger partial charge in [0.25, 0.3) is 0 Å². The first-order valence-corrected chi connectivity index (χ1v) is 4.49. The van der Waals surface area contributed by atoms with Crippen LogP contribution in [0, 0.1) is 0 Å². The van der Waals surface area contributed by atoms with Crippen molar-refractivity contribution in [3.63, 3.8) is 0 Å². The van der Waals surface area contributed by atoms with E-state index in [1.165, 1.54) is 0 Å². The van der Waals surface area contributed by atoms with E-state index in [4.69, 9.17) is 31.9 Å². The summed E-state index contributed by atoms with van der Waals surface area (Å²) in [5.41, 5.74) is 7.07. The van der Waals surface area contributed by atoms with Gasteiger partial charge in [0.05, 0.1) is 12.8 Å². The van der Waals surface area contributed by atoms with Gasteiger partial charge in [-0.2, -0.15) is 0 Å². The van der Waals surface area contributed by atoms with E-state index in [-0.39, 0.29) is 158 Å². The Kier molecular flexibility index (Phi) is 34.9. The largest absolute Gasteiger partial charge is 1.00 e. The molecule has 20 heavy (non-hydrogen) atoms. The minimum atomic E-state index is -2.74. The van der Waals surface area contributed by atoms with Crippen LogP contribution in [0.2, 0.25) is 0 Å². The first kappa shape index (κ1) is 34.5. The van der Waals surface area contributed by atoms with Gasteiger partial charge in [0, 0.05) is 13.1 Å². The van der Waals surface area contributed by atoms with Crippen molar-refractivity contribution in [2.24, 2.45) is 11.5 Å². The number of carboxylic acid groups (broad SMARTS) is 3. The van der Waals surface area contributed by atoms with Crippen molar-refractivity contribution >= 4 is 17.9 Å². The molecule has 0 aliphatic rings. The Morgan fingerprint density at radius 3 is 1.20 bits per heavy atom. The SMILES string of the molecule is NCCN.O=C(O)CC(O)(CC(=O)O)C(=O)O.[H-].[H-].[H-].[K+].[K+].[K+]. The Bertz CT molecular complexity index is 286. The van der Waals surface area contributed by atoms with Crippen molar-refractivity contribution in [1.82, 2.24) is 0 Å². The van der Waals surface area contributed by atoms with E-state index in [9.17, 15) is 14.4 Å². The number of hydrogen-bond acceptors (Lipinski definition) is 6. The molecule has 0 atom stereocenters. The Balaban J connectivity index is -0.0000000339. The molecule has 0 amide bonds. The molecular formula is C8H19K3N2O7. The van der Waals surface area contributed by atoms with Gasteiger partial charge < -0.3 is 36.2 Å². The summed E-state index contributed by atoms with van der Waals surface area (Å²) in [6, 6.07) is 0. The molecule has 0 aliphatic heterocycles. The zero-order valence-corrected chi connectivity index (χ0v) is 21.4. The molecule has 0 saturated heterocycles. The molecule has 0 unspecified atom stereocenters. The topological polar surface area (TPSA) is 184 Å². The molecule has 0 rings (SSSR count). The van der Waals surface area contributed by atoms with Crippen LogP contribution in [0.5, 0.6) is 0 Å². The van der Waals surface area contributed by atoms with Crippen molar-refractivity contribution in [1.29, 1.82) is 0 Å². The standard InChI is InChI=1S/C6H8O7.C2H8N2.3K.3H/c7-3(8)1-6(13,5(11)12)2-4(9)10;3-1-2-4;;;;;;/h13H,1-2H2,(H,7,8)(H,9,10)(H,11,12);1-4H2;;;;;;/q;;3*+1;3*-1. The summed E-state index contributed by atoms with van der Waals surface area (Å²) < 4.78 is 0. The van der Waals surface area contributed by atoms with Crippen LogP contribution in [0.15, 0.2) is 0 Å². The molecule has 0 aromatic rings. The fraction of sp³-hybridized carbons (Fsp3) is 0.625. The first-order chi connectivity index (χ1) is 7.69. The van der Waals surface area contributed by atoms with Gasteiger partial charge in [-0.15, -0.1) is 0 Å². The summed E-state index contributed by atoms with van der Waals surface area (Å²) in [4.78, 5) is 30.5. The summed E-state index contributed by atoms with van der Waals surface area (Å²) >= 11 is 0. The van der Waals surface area contributed by atoms with E-state index >= 15 is 0 Å². The Labute approximate surface area is 248 Å². The van der Waals surface area contributed by atoms with E-state index in [0.29, 0.717) is 13.1 Å². The molecule has 0 spiro atoms. The van der Waals surface area contributed by atoms with Crippen LogP contribution in [0.4, 0.5) is 0 Å². The second-order valence-corrected chi connectivity index (χ2v) is 3.06. The monoisotopic (exact) mass is 372 g/mol. The van der Waals surface area contributed by atoms with E-state index in [1.807, 2.05) is 0 Å². The molecule has 106 valence electrons. The van der Waals surface area contributed by atoms with Crippen LogP contribution in [-0.4, -0.2) is 57.0 Å². The predicted octanol–water partition coefficient (Wildman–Crippen LogP) is -11.0. The van der Waals surface area contributed by atoms with E-state index in [1.54, 1.807) is 0 Å². The average molecular weight is 373 g/mol. The fourth-order valence-corrected chi connectivity index (χ4v) is 0.714. The molecule has 0 saturated carbocycles. The van der Waals surface area contributed by atoms with Gasteiger partial charge in [-0.25, -0.2) is 4.79 Å². The minimum absolute atomic E-state index is 0. The predicted molar refractivity (Wildman–Crippen MR) is 58.5 cm³/mol. The molecule has 0 radical (unpaired) electrons. The molecule has 0 aromatic carbocycles. The zero-order chi connectivity index (χ0) is 14.1. The molecular weight excluding hydrogens is 353 g/mol. The molecule has 8 N–H and O–H groups in total. The number of aliphatic hydroxyl groups is 1. The molecule has 0 heterocycles. The fourth-order valence-electron chi connectivity index (χ4n) is 0.714. The Hall–Kier alpha value is 3.20. The van der Waals surface area contributed by atoms with E-state index < -0.39 is 36.4 Å². The summed E-state index contributed by atoms with van der Waals surface area (Å²) in [6.07, 6.45) is -2.29. The minimum Gasteiger partial charge on any atom is -1.00 e. The van der Waals surface area contributed by atoms with Crippen molar-refractivity contribution in [3.8, 4) is 0 Å². The van der Waals surface area contributed by atoms with Gasteiger partial charge in [-0.1, -0.05) is 0 Å². The van der Waals surface area contributed by atoms with Crippen LogP contribution in [-0.2, 0) is 14.4 Å². The summed E-state index contributed by atoms with van der Waals surface area (Å²) in [5, 5.41) is 33.8. The van der Waals surface area contributed by atoms with Crippen molar-refractivity contribution < 1.29 is 193 Å². The van der Waals surface area contributed by atoms with Gasteiger partial charge in [-0.05, 0) is 0 Å². The second-order valence-electron chi connectivity index (χ2n) is 3.06. The maximum atomic E-state index is 10.3. The molecule has 0 aromatic heterocycles. The Morgan fingerprint density at radius 1 is 0.850 bits per heavy atom. The summed E-state index contributed by atoms with van der Waals surface area (Å²) in [5.74, 6) is -5.02. The van der Waals surface area contributed by atoms with Crippen molar-refractivity contribution in [3.05, 3.63) is 0 Å². The average Bonchev–Trinajstić information content (AvgIpc) is 2.15. The number of rotatable bonds is 6.